The predicted molar refractivity (Wildman–Crippen MR) is 149 cm³/mol. The fourth-order valence-corrected chi connectivity index (χ4v) is 3.18. The monoisotopic (exact) mass is 481 g/mol. The normalized spacial score (nSPS) is 9.80. The summed E-state index contributed by atoms with van der Waals surface area (Å²) in [7, 11) is 3.28. The molecule has 0 saturated carbocycles. The molecule has 35 heavy (non-hydrogen) atoms. The van der Waals surface area contributed by atoms with Crippen molar-refractivity contribution in [2.75, 3.05) is 14.2 Å². The molecule has 0 aromatic carbocycles. The van der Waals surface area contributed by atoms with Crippen LogP contribution in [0.1, 0.15) is 92.8 Å². The number of hydrogen-bond donors (Lipinski definition) is 0. The molecular formula is C30H47N3O2. The van der Waals surface area contributed by atoms with Gasteiger partial charge in [-0.25, -0.2) is 9.97 Å². The van der Waals surface area contributed by atoms with Crippen molar-refractivity contribution in [1.29, 1.82) is 0 Å². The molecule has 0 aliphatic heterocycles. The second-order valence-corrected chi connectivity index (χ2v) is 8.74. The van der Waals surface area contributed by atoms with Crippen LogP contribution in [0.2, 0.25) is 0 Å². The van der Waals surface area contributed by atoms with Gasteiger partial charge in [-0.1, -0.05) is 59.7 Å². The molecule has 3 heterocycles. The maximum absolute atomic E-state index is 5.18. The molecule has 0 radical (unpaired) electrons. The lowest BCUT2D eigenvalue weighted by atomic mass is 10.0. The largest absolute Gasteiger partial charge is 0.481 e. The van der Waals surface area contributed by atoms with Crippen LogP contribution >= 0.6 is 0 Å². The SMILES string of the molecule is CC.COc1ccc(C)c(C)n1.COc1nc(C)ccc1C(C)C.Cc1ccc(C(C)C)c(C)n1. The molecule has 5 heteroatoms. The number of aromatic nitrogens is 3. The Bertz CT molecular complexity index is 1010. The van der Waals surface area contributed by atoms with Crippen LogP contribution in [0.4, 0.5) is 0 Å². The lowest BCUT2D eigenvalue weighted by molar-refractivity contribution is 0.389. The van der Waals surface area contributed by atoms with E-state index in [-0.39, 0.29) is 0 Å². The second-order valence-electron chi connectivity index (χ2n) is 8.74. The van der Waals surface area contributed by atoms with E-state index in [1.54, 1.807) is 14.2 Å². The fraction of sp³-hybridized carbons (Fsp3) is 0.500. The zero-order valence-corrected chi connectivity index (χ0v) is 24.3. The van der Waals surface area contributed by atoms with Crippen molar-refractivity contribution in [3.05, 3.63) is 75.9 Å². The van der Waals surface area contributed by atoms with Gasteiger partial charge in [-0.15, -0.1) is 0 Å². The Balaban J connectivity index is 0.000000480. The van der Waals surface area contributed by atoms with Crippen molar-refractivity contribution < 1.29 is 9.47 Å². The third-order valence-corrected chi connectivity index (χ3v) is 5.27. The van der Waals surface area contributed by atoms with Gasteiger partial charge in [-0.05, 0) is 69.7 Å². The van der Waals surface area contributed by atoms with Crippen molar-refractivity contribution in [1.82, 2.24) is 15.0 Å². The average Bonchev–Trinajstić information content (AvgIpc) is 2.82. The van der Waals surface area contributed by atoms with Gasteiger partial charge in [0, 0.05) is 34.4 Å². The number of aryl methyl sites for hydroxylation is 5. The summed E-state index contributed by atoms with van der Waals surface area (Å²) < 4.78 is 10.1. The molecule has 3 aromatic rings. The zero-order valence-electron chi connectivity index (χ0n) is 24.3. The van der Waals surface area contributed by atoms with Crippen molar-refractivity contribution in [2.45, 2.75) is 88.0 Å². The quantitative estimate of drug-likeness (QED) is 0.377. The van der Waals surface area contributed by atoms with Crippen molar-refractivity contribution >= 4 is 0 Å². The maximum atomic E-state index is 5.18. The van der Waals surface area contributed by atoms with Crippen LogP contribution < -0.4 is 9.47 Å². The molecule has 0 fully saturated rings. The van der Waals surface area contributed by atoms with Crippen molar-refractivity contribution in [3.8, 4) is 11.8 Å². The van der Waals surface area contributed by atoms with Gasteiger partial charge in [0.25, 0.3) is 0 Å². The molecule has 0 atom stereocenters. The first-order valence-electron chi connectivity index (χ1n) is 12.4. The Morgan fingerprint density at radius 3 is 1.51 bits per heavy atom. The highest BCUT2D eigenvalue weighted by molar-refractivity contribution is 5.30. The standard InChI is InChI=1S/C10H15NO.C10H15N.C8H11NO.C2H6/c1-7(2)9-6-5-8(3)11-10(9)12-4;1-7(2)10-6-5-8(3)11-9(10)4;1-6-4-5-8(10-3)9-7(6)2;1-2/h5-7H,1-4H3;5-7H,1-4H3;4-5H,1-3H3;1-2H3. The van der Waals surface area contributed by atoms with Crippen LogP contribution in [-0.2, 0) is 0 Å². The molecule has 0 unspecified atom stereocenters. The summed E-state index contributed by atoms with van der Waals surface area (Å²) in [4.78, 5) is 12.9. The Labute approximate surface area is 214 Å². The number of methoxy groups -OCH3 is 2. The van der Waals surface area contributed by atoms with Gasteiger partial charge in [0.05, 0.1) is 14.2 Å². The number of nitrogens with zero attached hydrogens (tertiary/aromatic N) is 3. The van der Waals surface area contributed by atoms with Crippen LogP contribution in [0.25, 0.3) is 0 Å². The molecule has 0 N–H and O–H groups in total. The van der Waals surface area contributed by atoms with Crippen LogP contribution in [-0.4, -0.2) is 29.2 Å². The van der Waals surface area contributed by atoms with Crippen LogP contribution in [0.3, 0.4) is 0 Å². The first-order chi connectivity index (χ1) is 16.5. The second kappa shape index (κ2) is 16.6. The molecule has 5 nitrogen and oxygen atoms in total. The zero-order chi connectivity index (χ0) is 27.1. The van der Waals surface area contributed by atoms with Gasteiger partial charge in [0.15, 0.2) is 0 Å². The van der Waals surface area contributed by atoms with Gasteiger partial charge in [0.2, 0.25) is 11.8 Å². The number of pyridine rings is 3. The third kappa shape index (κ3) is 11.3. The molecule has 0 aliphatic rings. The summed E-state index contributed by atoms with van der Waals surface area (Å²) in [6.07, 6.45) is 0. The Hall–Kier alpha value is -2.95. The molecule has 0 aliphatic carbocycles. The molecular weight excluding hydrogens is 434 g/mol. The summed E-state index contributed by atoms with van der Waals surface area (Å²) in [5.41, 5.74) is 8.02. The summed E-state index contributed by atoms with van der Waals surface area (Å²) in [6, 6.07) is 12.2. The maximum Gasteiger partial charge on any atom is 0.216 e. The highest BCUT2D eigenvalue weighted by Gasteiger charge is 2.07. The average molecular weight is 482 g/mol. The smallest absolute Gasteiger partial charge is 0.216 e. The first kappa shape index (κ1) is 32.0. The molecule has 0 spiro atoms. The molecule has 3 aromatic heterocycles. The topological polar surface area (TPSA) is 57.1 Å². The van der Waals surface area contributed by atoms with E-state index < -0.39 is 0 Å². The highest BCUT2D eigenvalue weighted by Crippen LogP contribution is 2.23. The summed E-state index contributed by atoms with van der Waals surface area (Å²) in [5.74, 6) is 2.49. The van der Waals surface area contributed by atoms with E-state index in [4.69, 9.17) is 9.47 Å². The van der Waals surface area contributed by atoms with E-state index >= 15 is 0 Å². The minimum Gasteiger partial charge on any atom is -0.481 e. The van der Waals surface area contributed by atoms with Gasteiger partial charge in [0.1, 0.15) is 0 Å². The molecule has 3 rings (SSSR count). The van der Waals surface area contributed by atoms with Crippen LogP contribution in [0, 0.1) is 34.6 Å². The van der Waals surface area contributed by atoms with Gasteiger partial charge in [-0.3, -0.25) is 4.98 Å². The van der Waals surface area contributed by atoms with E-state index in [2.05, 4.69) is 67.8 Å². The first-order valence-corrected chi connectivity index (χ1v) is 12.4. The Morgan fingerprint density at radius 1 is 0.571 bits per heavy atom. The highest BCUT2D eigenvalue weighted by atomic mass is 16.5. The van der Waals surface area contributed by atoms with Crippen LogP contribution in [0.5, 0.6) is 11.8 Å². The lowest BCUT2D eigenvalue weighted by Crippen LogP contribution is -1.97. The Morgan fingerprint density at radius 2 is 1.09 bits per heavy atom. The minimum absolute atomic E-state index is 0.466. The van der Waals surface area contributed by atoms with Gasteiger partial charge in [-0.2, -0.15) is 0 Å². The number of rotatable bonds is 4. The summed E-state index contributed by atoms with van der Waals surface area (Å²) in [6.45, 7) is 22.7. The van der Waals surface area contributed by atoms with Gasteiger partial charge < -0.3 is 9.47 Å². The number of ether oxygens (including phenoxy) is 2. The minimum atomic E-state index is 0.466. The van der Waals surface area contributed by atoms with Crippen LogP contribution in [0.15, 0.2) is 36.4 Å². The molecule has 0 bridgehead atoms. The van der Waals surface area contributed by atoms with E-state index in [9.17, 15) is 0 Å². The van der Waals surface area contributed by atoms with E-state index in [1.807, 2.05) is 59.7 Å². The Kier molecular flexibility index (Phi) is 15.2. The summed E-state index contributed by atoms with van der Waals surface area (Å²) >= 11 is 0. The third-order valence-electron chi connectivity index (χ3n) is 5.27. The molecule has 0 amide bonds. The molecule has 194 valence electrons. The fourth-order valence-electron chi connectivity index (χ4n) is 3.18. The van der Waals surface area contributed by atoms with E-state index in [1.165, 1.54) is 22.4 Å². The molecule has 0 saturated heterocycles. The predicted octanol–water partition coefficient (Wildman–Crippen LogP) is 8.08. The van der Waals surface area contributed by atoms with E-state index in [0.717, 1.165) is 23.0 Å². The van der Waals surface area contributed by atoms with Crippen molar-refractivity contribution in [3.63, 3.8) is 0 Å². The van der Waals surface area contributed by atoms with Crippen molar-refractivity contribution in [2.24, 2.45) is 0 Å². The number of hydrogen-bond acceptors (Lipinski definition) is 5. The summed E-state index contributed by atoms with van der Waals surface area (Å²) in [5, 5.41) is 0. The lowest BCUT2D eigenvalue weighted by Gasteiger charge is -2.10. The van der Waals surface area contributed by atoms with E-state index in [0.29, 0.717) is 17.7 Å². The van der Waals surface area contributed by atoms with Gasteiger partial charge >= 0.3 is 0 Å².